The number of aryl methyl sites for hydroxylation is 2. The second-order valence-electron chi connectivity index (χ2n) is 7.18. The molecule has 4 rings (SSSR count). The van der Waals surface area contributed by atoms with Gasteiger partial charge in [-0.2, -0.15) is 0 Å². The monoisotopic (exact) mass is 398 g/mol. The van der Waals surface area contributed by atoms with E-state index in [0.29, 0.717) is 16.8 Å². The van der Waals surface area contributed by atoms with Crippen LogP contribution in [0.15, 0.2) is 56.6 Å². The molecule has 0 amide bonds. The van der Waals surface area contributed by atoms with Crippen LogP contribution in [-0.4, -0.2) is 21.5 Å². The number of fused-ring (bicyclic) bond motifs is 1. The third kappa shape index (κ3) is 3.26. The van der Waals surface area contributed by atoms with Crippen molar-refractivity contribution in [2.24, 2.45) is 0 Å². The third-order valence-electron chi connectivity index (χ3n) is 5.08. The lowest BCUT2D eigenvalue weighted by Crippen LogP contribution is -2.26. The Balaban J connectivity index is 1.91. The summed E-state index contributed by atoms with van der Waals surface area (Å²) in [7, 11) is -3.95. The van der Waals surface area contributed by atoms with E-state index in [1.165, 1.54) is 0 Å². The Morgan fingerprint density at radius 2 is 1.75 bits per heavy atom. The highest BCUT2D eigenvalue weighted by Gasteiger charge is 2.27. The Labute approximate surface area is 163 Å². The zero-order valence-electron chi connectivity index (χ0n) is 15.9. The topological polar surface area (TPSA) is 79.6 Å². The molecule has 3 aromatic rings. The Hall–Kier alpha value is -2.80. The summed E-state index contributed by atoms with van der Waals surface area (Å²) >= 11 is 0. The van der Waals surface area contributed by atoms with Crippen molar-refractivity contribution in [3.63, 3.8) is 0 Å². The van der Waals surface area contributed by atoms with Crippen molar-refractivity contribution < 1.29 is 12.8 Å². The van der Waals surface area contributed by atoms with Gasteiger partial charge in [0.15, 0.2) is 5.69 Å². The van der Waals surface area contributed by atoms with Gasteiger partial charge in [0, 0.05) is 18.5 Å². The second-order valence-corrected chi connectivity index (χ2v) is 8.83. The van der Waals surface area contributed by atoms with Gasteiger partial charge in [0.05, 0.1) is 10.6 Å². The van der Waals surface area contributed by atoms with Crippen LogP contribution in [0.4, 0.5) is 11.4 Å². The molecule has 0 atom stereocenters. The Bertz CT molecular complexity index is 1210. The number of sulfonamides is 1. The van der Waals surface area contributed by atoms with Gasteiger partial charge in [-0.15, -0.1) is 0 Å². The van der Waals surface area contributed by atoms with Gasteiger partial charge in [-0.25, -0.2) is 13.2 Å². The van der Waals surface area contributed by atoms with E-state index < -0.39 is 15.6 Å². The third-order valence-corrected chi connectivity index (χ3v) is 6.57. The van der Waals surface area contributed by atoms with Crippen LogP contribution in [0.5, 0.6) is 0 Å². The fraction of sp³-hybridized carbons (Fsp3) is 0.286. The predicted molar refractivity (Wildman–Crippen MR) is 111 cm³/mol. The van der Waals surface area contributed by atoms with Gasteiger partial charge >= 0.3 is 5.63 Å². The lowest BCUT2D eigenvalue weighted by molar-refractivity contribution is 0.562. The molecule has 7 heteroatoms. The maximum Gasteiger partial charge on any atom is 0.363 e. The summed E-state index contributed by atoms with van der Waals surface area (Å²) in [4.78, 5) is 15.0. The number of nitrogens with zero attached hydrogens (tertiary/aromatic N) is 1. The summed E-state index contributed by atoms with van der Waals surface area (Å²) in [6.07, 6.45) is 2.00. The molecular weight excluding hydrogens is 376 g/mol. The quantitative estimate of drug-likeness (QED) is 0.676. The first-order chi connectivity index (χ1) is 13.4. The van der Waals surface area contributed by atoms with E-state index in [1.54, 1.807) is 31.2 Å². The Kier molecular flexibility index (Phi) is 4.63. The SMILES string of the molecule is Cc1ccc(C)c(S(=O)(=O)Nc2c(N3CCCC3)c3ccccc3oc2=O)c1. The predicted octanol–water partition coefficient (Wildman–Crippen LogP) is 3.81. The Morgan fingerprint density at radius 1 is 1.04 bits per heavy atom. The van der Waals surface area contributed by atoms with Gasteiger partial charge in [-0.3, -0.25) is 4.72 Å². The van der Waals surface area contributed by atoms with Crippen molar-refractivity contribution in [2.45, 2.75) is 31.6 Å². The van der Waals surface area contributed by atoms with Crippen LogP contribution in [0.25, 0.3) is 11.0 Å². The zero-order chi connectivity index (χ0) is 19.9. The standard InChI is InChI=1S/C21H22N2O4S/c1-14-9-10-15(2)18(13-14)28(25,26)22-19-20(23-11-5-6-12-23)16-7-3-4-8-17(16)27-21(19)24/h3-4,7-10,13,22H,5-6,11-12H2,1-2H3. The minimum atomic E-state index is -3.95. The van der Waals surface area contributed by atoms with Crippen molar-refractivity contribution in [3.05, 3.63) is 64.0 Å². The van der Waals surface area contributed by atoms with E-state index in [2.05, 4.69) is 9.62 Å². The first-order valence-electron chi connectivity index (χ1n) is 9.28. The van der Waals surface area contributed by atoms with E-state index in [9.17, 15) is 13.2 Å². The van der Waals surface area contributed by atoms with Crippen LogP contribution in [0.2, 0.25) is 0 Å². The summed E-state index contributed by atoms with van der Waals surface area (Å²) in [5.74, 6) is 0. The van der Waals surface area contributed by atoms with E-state index in [-0.39, 0.29) is 10.6 Å². The molecule has 1 saturated heterocycles. The van der Waals surface area contributed by atoms with Crippen molar-refractivity contribution in [3.8, 4) is 0 Å². The van der Waals surface area contributed by atoms with Gasteiger partial charge < -0.3 is 9.32 Å². The number of nitrogens with one attached hydrogen (secondary N) is 1. The van der Waals surface area contributed by atoms with Crippen molar-refractivity contribution in [1.29, 1.82) is 0 Å². The molecule has 1 aliphatic rings. The first-order valence-corrected chi connectivity index (χ1v) is 10.8. The molecule has 1 aromatic heterocycles. The highest BCUT2D eigenvalue weighted by atomic mass is 32.2. The lowest BCUT2D eigenvalue weighted by Gasteiger charge is -2.23. The van der Waals surface area contributed by atoms with E-state index >= 15 is 0 Å². The van der Waals surface area contributed by atoms with Crippen molar-refractivity contribution in [2.75, 3.05) is 22.7 Å². The van der Waals surface area contributed by atoms with E-state index in [0.717, 1.165) is 36.9 Å². The van der Waals surface area contributed by atoms with Gasteiger partial charge in [-0.1, -0.05) is 24.3 Å². The highest BCUT2D eigenvalue weighted by molar-refractivity contribution is 7.92. The van der Waals surface area contributed by atoms with Crippen LogP contribution in [-0.2, 0) is 10.0 Å². The number of anilines is 2. The summed E-state index contributed by atoms with van der Waals surface area (Å²) in [6, 6.07) is 12.4. The van der Waals surface area contributed by atoms with Crippen molar-refractivity contribution >= 4 is 32.4 Å². The lowest BCUT2D eigenvalue weighted by atomic mass is 10.1. The van der Waals surface area contributed by atoms with Crippen molar-refractivity contribution in [1.82, 2.24) is 0 Å². The fourth-order valence-electron chi connectivity index (χ4n) is 3.68. The molecule has 146 valence electrons. The van der Waals surface area contributed by atoms with Gasteiger partial charge in [-0.05, 0) is 56.0 Å². The second kappa shape index (κ2) is 6.98. The highest BCUT2D eigenvalue weighted by Crippen LogP contribution is 2.35. The molecule has 1 fully saturated rings. The maximum atomic E-state index is 13.1. The molecule has 0 saturated carbocycles. The van der Waals surface area contributed by atoms with Gasteiger partial charge in [0.1, 0.15) is 5.58 Å². The van der Waals surface area contributed by atoms with Crippen LogP contribution in [0, 0.1) is 13.8 Å². The molecule has 1 aliphatic heterocycles. The molecule has 0 aliphatic carbocycles. The van der Waals surface area contributed by atoms with Crippen LogP contribution in [0.1, 0.15) is 24.0 Å². The first kappa shape index (κ1) is 18.6. The summed E-state index contributed by atoms with van der Waals surface area (Å²) in [5.41, 5.74) is 1.78. The minimum absolute atomic E-state index is 0.0264. The maximum absolute atomic E-state index is 13.1. The minimum Gasteiger partial charge on any atom is -0.421 e. The normalized spacial score (nSPS) is 14.6. The average Bonchev–Trinajstić information content (AvgIpc) is 3.18. The molecule has 2 heterocycles. The summed E-state index contributed by atoms with van der Waals surface area (Å²) in [6.45, 7) is 5.11. The van der Waals surface area contributed by atoms with E-state index in [1.807, 2.05) is 25.1 Å². The molecule has 0 radical (unpaired) electrons. The summed E-state index contributed by atoms with van der Waals surface area (Å²) < 4.78 is 34.2. The van der Waals surface area contributed by atoms with Gasteiger partial charge in [0.25, 0.3) is 10.0 Å². The number of hydrogen-bond donors (Lipinski definition) is 1. The largest absolute Gasteiger partial charge is 0.421 e. The number of hydrogen-bond acceptors (Lipinski definition) is 5. The molecule has 2 aromatic carbocycles. The average molecular weight is 398 g/mol. The fourth-order valence-corrected chi connectivity index (χ4v) is 5.07. The number of para-hydroxylation sites is 1. The van der Waals surface area contributed by atoms with Crippen LogP contribution >= 0.6 is 0 Å². The number of rotatable bonds is 4. The molecule has 1 N–H and O–H groups in total. The van der Waals surface area contributed by atoms with E-state index in [4.69, 9.17) is 4.42 Å². The van der Waals surface area contributed by atoms with Crippen LogP contribution in [0.3, 0.4) is 0 Å². The molecular formula is C21H22N2O4S. The Morgan fingerprint density at radius 3 is 2.50 bits per heavy atom. The summed E-state index contributed by atoms with van der Waals surface area (Å²) in [5, 5.41) is 0.725. The molecule has 0 unspecified atom stereocenters. The zero-order valence-corrected chi connectivity index (χ0v) is 16.7. The van der Waals surface area contributed by atoms with Crippen LogP contribution < -0.4 is 15.2 Å². The molecule has 0 bridgehead atoms. The smallest absolute Gasteiger partial charge is 0.363 e. The van der Waals surface area contributed by atoms with Gasteiger partial charge in [0.2, 0.25) is 0 Å². The molecule has 28 heavy (non-hydrogen) atoms. The number of benzene rings is 2. The molecule has 6 nitrogen and oxygen atoms in total. The molecule has 0 spiro atoms.